The highest BCUT2D eigenvalue weighted by atomic mass is 35.5. The van der Waals surface area contributed by atoms with Crippen LogP contribution in [0.5, 0.6) is 0 Å². The van der Waals surface area contributed by atoms with Gasteiger partial charge >= 0.3 is 0 Å². The first-order chi connectivity index (χ1) is 6.74. The zero-order valence-corrected chi connectivity index (χ0v) is 10.1. The SMILES string of the molecule is CCc1nc(C2(C)CCNCC2)no1.Cl. The van der Waals surface area contributed by atoms with Crippen LogP contribution >= 0.6 is 12.4 Å². The van der Waals surface area contributed by atoms with Crippen molar-refractivity contribution < 1.29 is 4.52 Å². The standard InChI is InChI=1S/C10H17N3O.ClH/c1-3-8-12-9(13-14-8)10(2)4-6-11-7-5-10;/h11H,3-7H2,1-2H3;1H. The van der Waals surface area contributed by atoms with Crippen molar-refractivity contribution in [2.75, 3.05) is 13.1 Å². The molecule has 1 aromatic rings. The predicted molar refractivity (Wildman–Crippen MR) is 60.4 cm³/mol. The zero-order chi connectivity index (χ0) is 10.0. The second-order valence-corrected chi connectivity index (χ2v) is 4.18. The third kappa shape index (κ3) is 2.49. The maximum absolute atomic E-state index is 5.15. The summed E-state index contributed by atoms with van der Waals surface area (Å²) >= 11 is 0. The molecule has 0 saturated carbocycles. The van der Waals surface area contributed by atoms with Gasteiger partial charge in [-0.2, -0.15) is 4.98 Å². The zero-order valence-electron chi connectivity index (χ0n) is 9.25. The van der Waals surface area contributed by atoms with Crippen molar-refractivity contribution in [3.05, 3.63) is 11.7 Å². The molecule has 15 heavy (non-hydrogen) atoms. The smallest absolute Gasteiger partial charge is 0.226 e. The first-order valence-corrected chi connectivity index (χ1v) is 5.28. The van der Waals surface area contributed by atoms with Crippen molar-refractivity contribution in [1.29, 1.82) is 0 Å². The minimum Gasteiger partial charge on any atom is -0.339 e. The van der Waals surface area contributed by atoms with Gasteiger partial charge in [0.15, 0.2) is 5.82 Å². The molecule has 86 valence electrons. The van der Waals surface area contributed by atoms with Gasteiger partial charge < -0.3 is 9.84 Å². The molecule has 4 nitrogen and oxygen atoms in total. The van der Waals surface area contributed by atoms with Crippen LogP contribution in [0.25, 0.3) is 0 Å². The Morgan fingerprint density at radius 2 is 2.07 bits per heavy atom. The molecule has 1 saturated heterocycles. The lowest BCUT2D eigenvalue weighted by atomic mass is 9.80. The number of nitrogens with one attached hydrogen (secondary N) is 1. The van der Waals surface area contributed by atoms with Gasteiger partial charge in [0, 0.05) is 11.8 Å². The van der Waals surface area contributed by atoms with Crippen molar-refractivity contribution in [3.8, 4) is 0 Å². The average Bonchev–Trinajstić information content (AvgIpc) is 2.67. The second kappa shape index (κ2) is 4.94. The van der Waals surface area contributed by atoms with Gasteiger partial charge in [0.25, 0.3) is 0 Å². The molecule has 2 heterocycles. The minimum atomic E-state index is 0. The quantitative estimate of drug-likeness (QED) is 0.842. The number of nitrogens with zero attached hydrogens (tertiary/aromatic N) is 2. The Hall–Kier alpha value is -0.610. The molecule has 1 aromatic heterocycles. The molecule has 0 aliphatic carbocycles. The van der Waals surface area contributed by atoms with Crippen LogP contribution in [0.2, 0.25) is 0 Å². The van der Waals surface area contributed by atoms with Crippen LogP contribution in [-0.2, 0) is 11.8 Å². The highest BCUT2D eigenvalue weighted by molar-refractivity contribution is 5.85. The first kappa shape index (κ1) is 12.5. The van der Waals surface area contributed by atoms with Crippen molar-refractivity contribution in [3.63, 3.8) is 0 Å². The van der Waals surface area contributed by atoms with Crippen LogP contribution in [0.15, 0.2) is 4.52 Å². The summed E-state index contributed by atoms with van der Waals surface area (Å²) in [5, 5.41) is 7.41. The lowest BCUT2D eigenvalue weighted by molar-refractivity contribution is 0.299. The van der Waals surface area contributed by atoms with Crippen LogP contribution in [-0.4, -0.2) is 23.2 Å². The fourth-order valence-electron chi connectivity index (χ4n) is 1.85. The van der Waals surface area contributed by atoms with Crippen LogP contribution in [0.4, 0.5) is 0 Å². The molecule has 2 rings (SSSR count). The highest BCUT2D eigenvalue weighted by Gasteiger charge is 2.33. The molecule has 1 N–H and O–H groups in total. The lowest BCUT2D eigenvalue weighted by Crippen LogP contribution is -2.38. The molecule has 0 atom stereocenters. The maximum atomic E-state index is 5.15. The molecule has 0 amide bonds. The van der Waals surface area contributed by atoms with Gasteiger partial charge in [0.1, 0.15) is 0 Å². The summed E-state index contributed by atoms with van der Waals surface area (Å²) in [6.07, 6.45) is 3.01. The van der Waals surface area contributed by atoms with Crippen molar-refractivity contribution in [2.24, 2.45) is 0 Å². The van der Waals surface area contributed by atoms with Gasteiger partial charge in [-0.05, 0) is 25.9 Å². The fourth-order valence-corrected chi connectivity index (χ4v) is 1.85. The van der Waals surface area contributed by atoms with Crippen LogP contribution in [0.1, 0.15) is 38.4 Å². The summed E-state index contributed by atoms with van der Waals surface area (Å²) in [4.78, 5) is 4.42. The molecule has 0 unspecified atom stereocenters. The summed E-state index contributed by atoms with van der Waals surface area (Å²) in [6, 6.07) is 0. The summed E-state index contributed by atoms with van der Waals surface area (Å²) < 4.78 is 5.15. The van der Waals surface area contributed by atoms with Crippen molar-refractivity contribution in [2.45, 2.75) is 38.5 Å². The van der Waals surface area contributed by atoms with E-state index < -0.39 is 0 Å². The molecule has 1 aliphatic heterocycles. The van der Waals surface area contributed by atoms with Gasteiger partial charge in [-0.25, -0.2) is 0 Å². The maximum Gasteiger partial charge on any atom is 0.226 e. The third-order valence-electron chi connectivity index (χ3n) is 3.02. The van der Waals surface area contributed by atoms with Gasteiger partial charge in [0.2, 0.25) is 5.89 Å². The Morgan fingerprint density at radius 1 is 1.40 bits per heavy atom. The molecular formula is C10H18ClN3O. The Kier molecular flexibility index (Phi) is 4.11. The van der Waals surface area contributed by atoms with E-state index in [-0.39, 0.29) is 17.8 Å². The summed E-state index contributed by atoms with van der Waals surface area (Å²) in [5.41, 5.74) is 0.113. The fraction of sp³-hybridized carbons (Fsp3) is 0.800. The summed E-state index contributed by atoms with van der Waals surface area (Å²) in [7, 11) is 0. The number of hydrogen-bond donors (Lipinski definition) is 1. The molecule has 0 spiro atoms. The van der Waals surface area contributed by atoms with Gasteiger partial charge in [-0.1, -0.05) is 19.0 Å². The highest BCUT2D eigenvalue weighted by Crippen LogP contribution is 2.30. The van der Waals surface area contributed by atoms with Crippen molar-refractivity contribution >= 4 is 12.4 Å². The van der Waals surface area contributed by atoms with E-state index in [2.05, 4.69) is 22.4 Å². The first-order valence-electron chi connectivity index (χ1n) is 5.28. The lowest BCUT2D eigenvalue weighted by Gasteiger charge is -2.30. The molecule has 0 aromatic carbocycles. The van der Waals surface area contributed by atoms with Crippen LogP contribution in [0, 0.1) is 0 Å². The number of piperidine rings is 1. The van der Waals surface area contributed by atoms with E-state index in [0.717, 1.165) is 44.1 Å². The second-order valence-electron chi connectivity index (χ2n) is 4.18. The largest absolute Gasteiger partial charge is 0.339 e. The number of rotatable bonds is 2. The molecule has 5 heteroatoms. The van der Waals surface area contributed by atoms with Gasteiger partial charge in [0.05, 0.1) is 0 Å². The third-order valence-corrected chi connectivity index (χ3v) is 3.02. The normalized spacial score (nSPS) is 19.6. The molecule has 1 fully saturated rings. The van der Waals surface area contributed by atoms with E-state index in [4.69, 9.17) is 4.52 Å². The van der Waals surface area contributed by atoms with Crippen LogP contribution in [0.3, 0.4) is 0 Å². The van der Waals surface area contributed by atoms with E-state index >= 15 is 0 Å². The van der Waals surface area contributed by atoms with E-state index in [1.807, 2.05) is 6.92 Å². The molecule has 0 bridgehead atoms. The minimum absolute atomic E-state index is 0. The Balaban J connectivity index is 0.00000112. The van der Waals surface area contributed by atoms with E-state index in [1.165, 1.54) is 0 Å². The molecule has 0 radical (unpaired) electrons. The summed E-state index contributed by atoms with van der Waals surface area (Å²) in [6.45, 7) is 6.35. The average molecular weight is 232 g/mol. The predicted octanol–water partition coefficient (Wildman–Crippen LogP) is 1.69. The number of aryl methyl sites for hydroxylation is 1. The number of aromatic nitrogens is 2. The van der Waals surface area contributed by atoms with E-state index in [0.29, 0.717) is 0 Å². The van der Waals surface area contributed by atoms with E-state index in [1.54, 1.807) is 0 Å². The van der Waals surface area contributed by atoms with Crippen LogP contribution < -0.4 is 5.32 Å². The molecule has 1 aliphatic rings. The van der Waals surface area contributed by atoms with Gasteiger partial charge in [-0.15, -0.1) is 12.4 Å². The Bertz CT molecular complexity index is 307. The Morgan fingerprint density at radius 3 is 2.60 bits per heavy atom. The molecular weight excluding hydrogens is 214 g/mol. The Labute approximate surface area is 96.2 Å². The van der Waals surface area contributed by atoms with E-state index in [9.17, 15) is 0 Å². The monoisotopic (exact) mass is 231 g/mol. The topological polar surface area (TPSA) is 51.0 Å². The summed E-state index contributed by atoms with van der Waals surface area (Å²) in [5.74, 6) is 1.63. The number of hydrogen-bond acceptors (Lipinski definition) is 4. The number of halogens is 1. The van der Waals surface area contributed by atoms with Gasteiger partial charge in [-0.3, -0.25) is 0 Å². The van der Waals surface area contributed by atoms with Crippen molar-refractivity contribution in [1.82, 2.24) is 15.5 Å².